The van der Waals surface area contributed by atoms with Crippen LogP contribution in [0.3, 0.4) is 0 Å². The molecule has 34 heteroatoms. The van der Waals surface area contributed by atoms with Gasteiger partial charge in [-0.15, -0.1) is 0 Å². The van der Waals surface area contributed by atoms with Gasteiger partial charge in [0, 0.05) is 40.3 Å². The van der Waals surface area contributed by atoms with Gasteiger partial charge in [0.2, 0.25) is 53.4 Å². The van der Waals surface area contributed by atoms with Gasteiger partial charge in [-0.05, 0) is 123 Å². The van der Waals surface area contributed by atoms with Gasteiger partial charge < -0.3 is 128 Å². The molecule has 0 spiro atoms. The molecule has 7 aliphatic rings. The first-order valence-corrected chi connectivity index (χ1v) is 35.5. The van der Waals surface area contributed by atoms with Gasteiger partial charge in [0.15, 0.2) is 29.9 Å². The fraction of sp³-hybridized carbons (Fsp3) is 0.459. The number of allylic oxidation sites excluding steroid dienone is 1. The van der Waals surface area contributed by atoms with Crippen LogP contribution >= 0.6 is 11.6 Å². The second-order valence-corrected chi connectivity index (χ2v) is 28.5. The minimum Gasteiger partial charge on any atom is -0.508 e. The minimum absolute atomic E-state index is 0.0320. The molecule has 33 nitrogen and oxygen atoms in total. The Morgan fingerprint density at radius 2 is 1.40 bits per heavy atom. The number of carboxylic acids is 1. The maximum Gasteiger partial charge on any atom is 0.330 e. The van der Waals surface area contributed by atoms with E-state index in [2.05, 4.69) is 37.2 Å². The van der Waals surface area contributed by atoms with Gasteiger partial charge in [-0.1, -0.05) is 82.0 Å². The van der Waals surface area contributed by atoms with Crippen LogP contribution in [0.5, 0.6) is 46.0 Å². The average molecular weight is 1530 g/mol. The lowest BCUT2D eigenvalue weighted by molar-refractivity contribution is -0.333. The summed E-state index contributed by atoms with van der Waals surface area (Å²) in [6.07, 6.45) is -11.1. The smallest absolute Gasteiger partial charge is 0.330 e. The van der Waals surface area contributed by atoms with Crippen molar-refractivity contribution in [1.29, 1.82) is 0 Å². The number of halogens is 1. The number of aliphatic carboxylic acids is 1. The molecule has 7 aliphatic heterocycles. The number of aliphatic hydroxyl groups is 6. The predicted molar refractivity (Wildman–Crippen MR) is 382 cm³/mol. The van der Waals surface area contributed by atoms with Crippen molar-refractivity contribution >= 4 is 65.0 Å². The standard InChI is InChI=1S/C74H90ClN9O24/c1-7-8-9-10-11-12-13-33-21-35-15-18-46(33)104-48-24-37-25-49(63(48)108-73-64(62(93)61(92)50(30-85)106-73)107-52-29-74(5,77)65(94)32(4)103-52)105-47-19-16-36(23-41(47)75)60(91)58-71(100)82-56(72(101)102)40-26-38(86)27-45(88)53(40)39-22-34(14-17-44(39)87)54(68(97)84-58)81-69(98)55(37)80-67(96)43(28-51(76)89)79-70(99)57(59(35)90)83-66(95)42(78-6)20-31(2)3/h12-19,21-27,31-32,42-43,50,52,54-62,64-65,73,78,85-88,90-94H,7-11,20,28-30,77H2,1-6H3,(H2,76,89)(H,79,99)(H,80,96)(H,81,98)(H,82,100)(H,83,95)(H,84,97)(H,101,102)/b13-12+/t32-,42+,43-,50+,52-,54+,55+,56-,57+,58-,59+,60+,61+,62-,64+,65+,73-,74-/m0/s1. The number of carbonyl (C=O) groups is 8. The third-order valence-corrected chi connectivity index (χ3v) is 19.7. The number of nitrogens with one attached hydrogen (secondary N) is 7. The van der Waals surface area contributed by atoms with Gasteiger partial charge in [-0.3, -0.25) is 33.6 Å². The molecule has 108 heavy (non-hydrogen) atoms. The number of carboxylic acid groups (broad SMARTS) is 1. The monoisotopic (exact) mass is 1520 g/mol. The molecule has 11 bridgehead atoms. The first-order valence-electron chi connectivity index (χ1n) is 35.2. The maximum atomic E-state index is 16.2. The number of phenols is 3. The molecule has 12 rings (SSSR count). The summed E-state index contributed by atoms with van der Waals surface area (Å²) in [6, 6.07) is 0.307. The van der Waals surface area contributed by atoms with Crippen LogP contribution in [-0.4, -0.2) is 191 Å². The Labute approximate surface area is 624 Å². The fourth-order valence-electron chi connectivity index (χ4n) is 13.6. The molecule has 0 aromatic heterocycles. The van der Waals surface area contributed by atoms with Crippen LogP contribution < -0.4 is 62.9 Å². The summed E-state index contributed by atoms with van der Waals surface area (Å²) < 4.78 is 39.2. The van der Waals surface area contributed by atoms with E-state index in [1.165, 1.54) is 45.2 Å². The molecule has 21 N–H and O–H groups in total. The molecule has 582 valence electrons. The highest BCUT2D eigenvalue weighted by molar-refractivity contribution is 6.32. The lowest BCUT2D eigenvalue weighted by Gasteiger charge is -2.47. The van der Waals surface area contributed by atoms with Crippen molar-refractivity contribution in [3.63, 3.8) is 0 Å². The second-order valence-electron chi connectivity index (χ2n) is 28.1. The molecular weight excluding hydrogens is 1430 g/mol. The second kappa shape index (κ2) is 34.2. The highest BCUT2D eigenvalue weighted by Gasteiger charge is 2.52. The minimum atomic E-state index is -2.33. The van der Waals surface area contributed by atoms with E-state index in [0.717, 1.165) is 73.9 Å². The lowest BCUT2D eigenvalue weighted by Crippen LogP contribution is -2.64. The number of hydrogen-bond acceptors (Lipinski definition) is 25. The largest absolute Gasteiger partial charge is 0.508 e. The van der Waals surface area contributed by atoms with E-state index in [0.29, 0.717) is 12.8 Å². The van der Waals surface area contributed by atoms with E-state index in [1.54, 1.807) is 12.2 Å². The van der Waals surface area contributed by atoms with Crippen molar-refractivity contribution in [2.75, 3.05) is 13.7 Å². The normalized spacial score (nSPS) is 28.4. The number of ether oxygens (including phenoxy) is 6. The van der Waals surface area contributed by atoms with Crippen LogP contribution in [0, 0.1) is 5.92 Å². The maximum absolute atomic E-state index is 16.2. The number of likely N-dealkylation sites (N-methyl/N-ethyl adjacent to an activating group) is 1. The first-order chi connectivity index (χ1) is 51.2. The molecule has 7 heterocycles. The van der Waals surface area contributed by atoms with Crippen LogP contribution in [0.25, 0.3) is 17.2 Å². The Hall–Kier alpha value is -9.75. The molecule has 0 saturated carbocycles. The van der Waals surface area contributed by atoms with Crippen LogP contribution in [0.2, 0.25) is 5.02 Å². The van der Waals surface area contributed by atoms with E-state index >= 15 is 19.2 Å². The molecule has 7 amide bonds. The topological polar surface area (TPSA) is 530 Å². The molecular formula is C74H90ClN9O24. The SMILES string of the molecule is CCCCCC/C=C/c1cc2ccc1Oc1cc3cc(c1O[C@@H]1O[C@H](CO)[C@@H](O)[C@H](O)[C@H]1O[C@H]1C[C@](C)(N)[C@H](O)[C@H](C)O1)Oc1ccc(cc1Cl)[C@@H](O)[C@@H]1NC(=O)[C@H](NC(=O)[C@@H]3NC(=O)[C@H](CC(N)=O)NC(=O)[C@H](NC(=O)[C@@H](CC(C)C)NC)[C@@H]2O)c2ccc(O)c(c2)-c2c(O)cc(O)cc2[C@@H](C(=O)O)NC1=O. The molecule has 5 aromatic rings. The van der Waals surface area contributed by atoms with Gasteiger partial charge in [0.05, 0.1) is 36.3 Å². The number of primary amides is 1. The van der Waals surface area contributed by atoms with E-state index in [-0.39, 0.29) is 52.5 Å². The van der Waals surface area contributed by atoms with Crippen molar-refractivity contribution in [2.45, 2.75) is 195 Å². The first kappa shape index (κ1) is 80.8. The van der Waals surface area contributed by atoms with E-state index < -0.39 is 231 Å². The Kier molecular flexibility index (Phi) is 25.6. The zero-order valence-corrected chi connectivity index (χ0v) is 60.4. The highest BCUT2D eigenvalue weighted by Crippen LogP contribution is 2.50. The van der Waals surface area contributed by atoms with Crippen molar-refractivity contribution in [3.8, 4) is 57.1 Å². The number of nitrogens with two attached hydrogens (primary N) is 2. The quantitative estimate of drug-likeness (QED) is 0.0528. The Morgan fingerprint density at radius 1 is 0.741 bits per heavy atom. The number of unbranched alkanes of at least 4 members (excludes halogenated alkanes) is 4. The molecule has 0 unspecified atom stereocenters. The zero-order chi connectivity index (χ0) is 78.5. The van der Waals surface area contributed by atoms with Gasteiger partial charge in [0.25, 0.3) is 0 Å². The third-order valence-electron chi connectivity index (χ3n) is 19.4. The van der Waals surface area contributed by atoms with E-state index in [9.17, 15) is 70.2 Å². The van der Waals surface area contributed by atoms with Gasteiger partial charge in [0.1, 0.15) is 89.5 Å². The molecule has 0 aliphatic carbocycles. The summed E-state index contributed by atoms with van der Waals surface area (Å²) in [5.74, 6) is -15.3. The third kappa shape index (κ3) is 18.0. The average Bonchev–Trinajstić information content (AvgIpc) is 0.766. The number of fused-ring (bicyclic) bond motifs is 15. The van der Waals surface area contributed by atoms with Crippen molar-refractivity contribution in [2.24, 2.45) is 17.4 Å². The number of amides is 7. The summed E-state index contributed by atoms with van der Waals surface area (Å²) in [5.41, 5.74) is 8.53. The number of benzene rings is 5. The van der Waals surface area contributed by atoms with Crippen molar-refractivity contribution in [3.05, 3.63) is 123 Å². The van der Waals surface area contributed by atoms with Gasteiger partial charge >= 0.3 is 5.97 Å². The highest BCUT2D eigenvalue weighted by atomic mass is 35.5. The summed E-state index contributed by atoms with van der Waals surface area (Å²) in [5, 5.41) is 133. The molecule has 2 saturated heterocycles. The number of rotatable bonds is 19. The van der Waals surface area contributed by atoms with Crippen molar-refractivity contribution in [1.82, 2.24) is 37.2 Å². The Morgan fingerprint density at radius 3 is 2.05 bits per heavy atom. The van der Waals surface area contributed by atoms with Gasteiger partial charge in [-0.2, -0.15) is 0 Å². The summed E-state index contributed by atoms with van der Waals surface area (Å²) in [7, 11) is 1.50. The number of aromatic hydroxyl groups is 3. The van der Waals surface area contributed by atoms with Crippen LogP contribution in [0.15, 0.2) is 84.9 Å². The van der Waals surface area contributed by atoms with Gasteiger partial charge in [-0.25, -0.2) is 4.79 Å². The summed E-state index contributed by atoms with van der Waals surface area (Å²) >= 11 is 7.14. The van der Waals surface area contributed by atoms with E-state index in [4.69, 9.17) is 51.5 Å². The Balaban J connectivity index is 1.27. The Bertz CT molecular complexity index is 4260. The molecule has 2 fully saturated rings. The number of hydrogen-bond donors (Lipinski definition) is 19. The van der Waals surface area contributed by atoms with Crippen molar-refractivity contribution < 1.29 is 118 Å². The predicted octanol–water partition coefficient (Wildman–Crippen LogP) is 2.44. The fourth-order valence-corrected chi connectivity index (χ4v) is 13.8. The van der Waals surface area contributed by atoms with E-state index in [1.807, 2.05) is 20.8 Å². The molecule has 5 aromatic carbocycles. The van der Waals surface area contributed by atoms with Crippen LogP contribution in [-0.2, 0) is 52.6 Å². The zero-order valence-electron chi connectivity index (χ0n) is 59.6. The lowest BCUT2D eigenvalue weighted by atomic mass is 9.86. The molecule has 0 radical (unpaired) electrons. The summed E-state index contributed by atoms with van der Waals surface area (Å²) in [4.78, 5) is 118. The van der Waals surface area contributed by atoms with Crippen LogP contribution in [0.1, 0.15) is 150 Å². The number of phenolic OH excluding ortho intramolecular Hbond substituents is 3. The number of carbonyl (C=O) groups excluding carboxylic acids is 7. The summed E-state index contributed by atoms with van der Waals surface area (Å²) in [6.45, 7) is 7.80. The van der Waals surface area contributed by atoms with Crippen LogP contribution in [0.4, 0.5) is 0 Å². The molecule has 18 atom stereocenters. The number of aliphatic hydroxyl groups excluding tert-OH is 6.